The van der Waals surface area contributed by atoms with Crippen molar-refractivity contribution in [2.45, 2.75) is 25.3 Å². The summed E-state index contributed by atoms with van der Waals surface area (Å²) in [6.45, 7) is 0. The van der Waals surface area contributed by atoms with Crippen molar-refractivity contribution in [2.24, 2.45) is 5.92 Å². The monoisotopic (exact) mass is 312 g/mol. The highest BCUT2D eigenvalue weighted by Crippen LogP contribution is 2.27. The van der Waals surface area contributed by atoms with Crippen molar-refractivity contribution in [2.75, 3.05) is 0 Å². The molecule has 0 saturated heterocycles. The van der Waals surface area contributed by atoms with Crippen molar-refractivity contribution in [3.05, 3.63) is 38.9 Å². The van der Waals surface area contributed by atoms with Crippen LogP contribution in [-0.4, -0.2) is 27.9 Å². The van der Waals surface area contributed by atoms with Gasteiger partial charge in [0.05, 0.1) is 10.8 Å². The van der Waals surface area contributed by atoms with Crippen LogP contribution in [0.4, 0.5) is 5.69 Å². The van der Waals surface area contributed by atoms with E-state index in [1.807, 2.05) is 0 Å². The number of nitro groups is 1. The molecule has 0 aromatic heterocycles. The van der Waals surface area contributed by atoms with Crippen molar-refractivity contribution in [1.29, 1.82) is 0 Å². The van der Waals surface area contributed by atoms with E-state index >= 15 is 0 Å². The van der Waals surface area contributed by atoms with E-state index in [-0.39, 0.29) is 16.3 Å². The Balaban J connectivity index is 2.17. The molecule has 1 aromatic carbocycles. The van der Waals surface area contributed by atoms with Crippen LogP contribution in [0.2, 0.25) is 5.02 Å². The highest BCUT2D eigenvalue weighted by Gasteiger charge is 2.34. The van der Waals surface area contributed by atoms with Gasteiger partial charge in [-0.2, -0.15) is 0 Å². The fourth-order valence-electron chi connectivity index (χ4n) is 2.49. The van der Waals surface area contributed by atoms with Gasteiger partial charge in [-0.15, -0.1) is 0 Å². The van der Waals surface area contributed by atoms with Gasteiger partial charge in [-0.1, -0.05) is 18.0 Å². The molecule has 0 heterocycles. The van der Waals surface area contributed by atoms with E-state index in [4.69, 9.17) is 16.7 Å². The summed E-state index contributed by atoms with van der Waals surface area (Å²) in [5, 5.41) is 22.5. The largest absolute Gasteiger partial charge is 0.481 e. The Bertz CT molecular complexity index is 604. The Morgan fingerprint density at radius 2 is 2.05 bits per heavy atom. The van der Waals surface area contributed by atoms with E-state index in [1.165, 1.54) is 6.07 Å². The minimum Gasteiger partial charge on any atom is -0.481 e. The van der Waals surface area contributed by atoms with Crippen molar-refractivity contribution < 1.29 is 19.6 Å². The highest BCUT2D eigenvalue weighted by atomic mass is 35.5. The Morgan fingerprint density at radius 3 is 2.67 bits per heavy atom. The van der Waals surface area contributed by atoms with Crippen molar-refractivity contribution in [3.8, 4) is 0 Å². The molecule has 7 nitrogen and oxygen atoms in total. The van der Waals surface area contributed by atoms with Gasteiger partial charge in [-0.25, -0.2) is 0 Å². The molecule has 1 aliphatic carbocycles. The Hall–Kier alpha value is -2.15. The van der Waals surface area contributed by atoms with Gasteiger partial charge >= 0.3 is 5.97 Å². The number of benzene rings is 1. The molecule has 1 aromatic rings. The van der Waals surface area contributed by atoms with E-state index in [0.29, 0.717) is 12.8 Å². The number of rotatable bonds is 4. The molecule has 1 amide bonds. The summed E-state index contributed by atoms with van der Waals surface area (Å²) in [6.07, 6.45) is 1.80. The first-order valence-electron chi connectivity index (χ1n) is 6.37. The van der Waals surface area contributed by atoms with E-state index in [9.17, 15) is 19.7 Å². The predicted molar refractivity (Wildman–Crippen MR) is 74.3 cm³/mol. The zero-order valence-corrected chi connectivity index (χ0v) is 11.7. The Morgan fingerprint density at radius 1 is 1.33 bits per heavy atom. The number of nitro benzene ring substituents is 1. The number of amides is 1. The molecule has 1 fully saturated rings. The smallest absolute Gasteiger partial charge is 0.308 e. The maximum atomic E-state index is 12.1. The number of halogens is 1. The van der Waals surface area contributed by atoms with E-state index in [1.54, 1.807) is 0 Å². The number of non-ortho nitro benzene ring substituents is 1. The van der Waals surface area contributed by atoms with Crippen LogP contribution in [0.5, 0.6) is 0 Å². The third kappa shape index (κ3) is 3.49. The van der Waals surface area contributed by atoms with Crippen LogP contribution in [0, 0.1) is 16.0 Å². The number of hydrogen-bond donors (Lipinski definition) is 2. The zero-order chi connectivity index (χ0) is 15.6. The second-order valence-corrected chi connectivity index (χ2v) is 5.35. The molecule has 8 heteroatoms. The fourth-order valence-corrected chi connectivity index (χ4v) is 2.72. The van der Waals surface area contributed by atoms with Crippen LogP contribution in [0.25, 0.3) is 0 Å². The van der Waals surface area contributed by atoms with Gasteiger partial charge in [0.2, 0.25) is 0 Å². The lowest BCUT2D eigenvalue weighted by atomic mass is 10.0. The summed E-state index contributed by atoms with van der Waals surface area (Å²) < 4.78 is 0. The maximum Gasteiger partial charge on any atom is 0.308 e. The molecular weight excluding hydrogens is 300 g/mol. The summed E-state index contributed by atoms with van der Waals surface area (Å²) in [6, 6.07) is 3.11. The predicted octanol–water partition coefficient (Wildman–Crippen LogP) is 2.23. The van der Waals surface area contributed by atoms with Crippen LogP contribution in [0.3, 0.4) is 0 Å². The SMILES string of the molecule is O=C(NC1CCCC1C(=O)O)c1cc(Cl)cc([N+](=O)[O-])c1. The first-order chi connectivity index (χ1) is 9.88. The number of carboxylic acid groups (broad SMARTS) is 1. The highest BCUT2D eigenvalue weighted by molar-refractivity contribution is 6.31. The first kappa shape index (κ1) is 15.2. The number of hydrogen-bond acceptors (Lipinski definition) is 4. The number of nitrogens with one attached hydrogen (secondary N) is 1. The van der Waals surface area contributed by atoms with Gasteiger partial charge in [-0.3, -0.25) is 19.7 Å². The second kappa shape index (κ2) is 6.09. The lowest BCUT2D eigenvalue weighted by Crippen LogP contribution is -2.40. The molecule has 0 radical (unpaired) electrons. The van der Waals surface area contributed by atoms with Crippen molar-refractivity contribution >= 4 is 29.2 Å². The zero-order valence-electron chi connectivity index (χ0n) is 10.9. The van der Waals surface area contributed by atoms with Gasteiger partial charge in [0.25, 0.3) is 11.6 Å². The number of aliphatic carboxylic acids is 1. The average molecular weight is 313 g/mol. The lowest BCUT2D eigenvalue weighted by molar-refractivity contribution is -0.384. The van der Waals surface area contributed by atoms with Gasteiger partial charge < -0.3 is 10.4 Å². The van der Waals surface area contributed by atoms with Crippen LogP contribution in [-0.2, 0) is 4.79 Å². The van der Waals surface area contributed by atoms with Crippen molar-refractivity contribution in [3.63, 3.8) is 0 Å². The number of carbonyl (C=O) groups is 2. The molecule has 2 atom stereocenters. The Labute approximate surface area is 125 Å². The quantitative estimate of drug-likeness (QED) is 0.654. The van der Waals surface area contributed by atoms with E-state index < -0.39 is 28.8 Å². The van der Waals surface area contributed by atoms with Gasteiger partial charge in [0, 0.05) is 28.8 Å². The third-order valence-electron chi connectivity index (χ3n) is 3.51. The van der Waals surface area contributed by atoms with Gasteiger partial charge in [0.1, 0.15) is 0 Å². The average Bonchev–Trinajstić information content (AvgIpc) is 2.86. The molecule has 1 saturated carbocycles. The molecule has 2 N–H and O–H groups in total. The minimum absolute atomic E-state index is 0.0465. The van der Waals surface area contributed by atoms with Crippen LogP contribution in [0.1, 0.15) is 29.6 Å². The molecule has 0 bridgehead atoms. The minimum atomic E-state index is -0.949. The molecule has 2 unspecified atom stereocenters. The fraction of sp³-hybridized carbons (Fsp3) is 0.385. The molecule has 2 rings (SSSR count). The van der Waals surface area contributed by atoms with Crippen LogP contribution < -0.4 is 5.32 Å². The van der Waals surface area contributed by atoms with Gasteiger partial charge in [0.15, 0.2) is 0 Å². The standard InChI is InChI=1S/C13H13ClN2O5/c14-8-4-7(5-9(6-8)16(20)21)12(17)15-11-3-1-2-10(11)13(18)19/h4-6,10-11H,1-3H2,(H,15,17)(H,18,19). The maximum absolute atomic E-state index is 12.1. The summed E-state index contributed by atoms with van der Waals surface area (Å²) >= 11 is 5.76. The molecule has 0 aliphatic heterocycles. The van der Waals surface area contributed by atoms with Gasteiger partial charge in [-0.05, 0) is 18.9 Å². The summed E-state index contributed by atoms with van der Waals surface area (Å²) in [5.41, 5.74) is -0.237. The van der Waals surface area contributed by atoms with E-state index in [0.717, 1.165) is 18.6 Å². The van der Waals surface area contributed by atoms with Crippen LogP contribution >= 0.6 is 11.6 Å². The number of carbonyl (C=O) groups excluding carboxylic acids is 1. The normalized spacial score (nSPS) is 21.0. The number of carboxylic acids is 1. The number of nitrogens with zero attached hydrogens (tertiary/aromatic N) is 1. The first-order valence-corrected chi connectivity index (χ1v) is 6.75. The molecule has 1 aliphatic rings. The third-order valence-corrected chi connectivity index (χ3v) is 3.72. The molecule has 21 heavy (non-hydrogen) atoms. The Kier molecular flexibility index (Phi) is 4.42. The van der Waals surface area contributed by atoms with Crippen LogP contribution in [0.15, 0.2) is 18.2 Å². The topological polar surface area (TPSA) is 110 Å². The van der Waals surface area contributed by atoms with Crippen molar-refractivity contribution in [1.82, 2.24) is 5.32 Å². The summed E-state index contributed by atoms with van der Waals surface area (Å²) in [5.74, 6) is -2.13. The molecular formula is C13H13ClN2O5. The second-order valence-electron chi connectivity index (χ2n) is 4.91. The van der Waals surface area contributed by atoms with E-state index in [2.05, 4.69) is 5.32 Å². The molecule has 0 spiro atoms. The lowest BCUT2D eigenvalue weighted by Gasteiger charge is -2.17. The summed E-state index contributed by atoms with van der Waals surface area (Å²) in [7, 11) is 0. The summed E-state index contributed by atoms with van der Waals surface area (Å²) in [4.78, 5) is 33.3. The molecule has 112 valence electrons.